The molecule has 0 atom stereocenters. The smallest absolute Gasteiger partial charge is 0.225 e. The molecule has 0 unspecified atom stereocenters. The van der Waals surface area contributed by atoms with Gasteiger partial charge in [0.05, 0.1) is 17.0 Å². The molecule has 0 fully saturated rings. The molecule has 1 amide bonds. The Labute approximate surface area is 146 Å². The summed E-state index contributed by atoms with van der Waals surface area (Å²) in [6, 6.07) is 4.72. The van der Waals surface area contributed by atoms with Crippen LogP contribution in [0.4, 0.5) is 5.69 Å². The second-order valence-corrected chi connectivity index (χ2v) is 7.76. The van der Waals surface area contributed by atoms with Crippen molar-refractivity contribution in [2.24, 2.45) is 0 Å². The van der Waals surface area contributed by atoms with Crippen LogP contribution in [0.2, 0.25) is 10.0 Å². The van der Waals surface area contributed by atoms with Crippen molar-refractivity contribution in [1.82, 2.24) is 4.31 Å². The topological polar surface area (TPSA) is 75.7 Å². The van der Waals surface area contributed by atoms with Gasteiger partial charge in [-0.2, -0.15) is 0 Å². The molecule has 0 aromatic heterocycles. The largest absolute Gasteiger partial charge is 0.385 e. The third-order valence-electron chi connectivity index (χ3n) is 3.02. The number of benzene rings is 1. The molecule has 0 heterocycles. The van der Waals surface area contributed by atoms with Gasteiger partial charge in [0.2, 0.25) is 15.9 Å². The Balaban J connectivity index is 2.59. The summed E-state index contributed by atoms with van der Waals surface area (Å²) in [6.07, 6.45) is 1.69. The van der Waals surface area contributed by atoms with E-state index in [-0.39, 0.29) is 18.9 Å². The first kappa shape index (κ1) is 20.2. The van der Waals surface area contributed by atoms with E-state index in [4.69, 9.17) is 27.9 Å². The first-order chi connectivity index (χ1) is 10.7. The van der Waals surface area contributed by atoms with Gasteiger partial charge in [0, 0.05) is 38.2 Å². The van der Waals surface area contributed by atoms with E-state index in [1.165, 1.54) is 10.4 Å². The summed E-state index contributed by atoms with van der Waals surface area (Å²) in [7, 11) is -1.83. The molecule has 9 heteroatoms. The van der Waals surface area contributed by atoms with E-state index in [0.29, 0.717) is 35.3 Å². The first-order valence-electron chi connectivity index (χ1n) is 6.93. The number of rotatable bonds is 9. The molecule has 1 aromatic rings. The molecule has 130 valence electrons. The van der Waals surface area contributed by atoms with Crippen molar-refractivity contribution < 1.29 is 17.9 Å². The van der Waals surface area contributed by atoms with E-state index in [1.54, 1.807) is 19.2 Å². The summed E-state index contributed by atoms with van der Waals surface area (Å²) in [6.45, 7) is 0.848. The molecule has 6 nitrogen and oxygen atoms in total. The van der Waals surface area contributed by atoms with E-state index in [9.17, 15) is 13.2 Å². The lowest BCUT2D eigenvalue weighted by Crippen LogP contribution is -2.34. The number of ether oxygens (including phenoxy) is 1. The monoisotopic (exact) mass is 382 g/mol. The fraction of sp³-hybridized carbons (Fsp3) is 0.500. The highest BCUT2D eigenvalue weighted by Crippen LogP contribution is 2.25. The van der Waals surface area contributed by atoms with Crippen molar-refractivity contribution in [1.29, 1.82) is 0 Å². The van der Waals surface area contributed by atoms with Crippen LogP contribution in [0.1, 0.15) is 12.8 Å². The Morgan fingerprint density at radius 3 is 2.61 bits per heavy atom. The lowest BCUT2D eigenvalue weighted by atomic mass is 10.3. The lowest BCUT2D eigenvalue weighted by Gasteiger charge is -2.19. The minimum Gasteiger partial charge on any atom is -0.385 e. The van der Waals surface area contributed by atoms with Gasteiger partial charge in [0.1, 0.15) is 0 Å². The molecule has 0 spiro atoms. The number of anilines is 1. The maximum Gasteiger partial charge on any atom is 0.225 e. The lowest BCUT2D eigenvalue weighted by molar-refractivity contribution is -0.116. The number of carbonyl (C=O) groups excluding carboxylic acids is 1. The van der Waals surface area contributed by atoms with Crippen LogP contribution in [-0.2, 0) is 19.6 Å². The number of amides is 1. The minimum atomic E-state index is -3.38. The zero-order valence-corrected chi connectivity index (χ0v) is 15.3. The zero-order valence-electron chi connectivity index (χ0n) is 13.0. The van der Waals surface area contributed by atoms with E-state index in [0.717, 1.165) is 6.26 Å². The molecule has 0 bridgehead atoms. The summed E-state index contributed by atoms with van der Waals surface area (Å²) in [5.74, 6) is -0.338. The van der Waals surface area contributed by atoms with E-state index in [1.807, 2.05) is 0 Å². The molecule has 1 N–H and O–H groups in total. The summed E-state index contributed by atoms with van der Waals surface area (Å²) < 4.78 is 29.6. The molecule has 0 aliphatic carbocycles. The van der Waals surface area contributed by atoms with Crippen molar-refractivity contribution in [3.05, 3.63) is 28.2 Å². The maximum absolute atomic E-state index is 12.0. The molecular formula is C14H20Cl2N2O4S. The number of carbonyl (C=O) groups is 1. The van der Waals surface area contributed by atoms with Gasteiger partial charge in [-0.3, -0.25) is 4.79 Å². The van der Waals surface area contributed by atoms with Gasteiger partial charge in [0.25, 0.3) is 0 Å². The second kappa shape index (κ2) is 9.44. The maximum atomic E-state index is 12.0. The van der Waals surface area contributed by atoms with Gasteiger partial charge in [-0.15, -0.1) is 0 Å². The van der Waals surface area contributed by atoms with Gasteiger partial charge in [-0.1, -0.05) is 23.2 Å². The van der Waals surface area contributed by atoms with E-state index < -0.39 is 10.0 Å². The first-order valence-corrected chi connectivity index (χ1v) is 9.53. The summed E-state index contributed by atoms with van der Waals surface area (Å²) in [4.78, 5) is 12.0. The third kappa shape index (κ3) is 7.50. The highest BCUT2D eigenvalue weighted by Gasteiger charge is 2.17. The predicted octanol–water partition coefficient (Wildman–Crippen LogP) is 2.62. The standard InChI is InChI=1S/C14H20Cl2N2O4S/c1-22-9-3-7-18(23(2,20)21)8-6-14(19)17-13-10-11(15)4-5-12(13)16/h4-5,10H,3,6-9H2,1-2H3,(H,17,19). The fourth-order valence-electron chi connectivity index (χ4n) is 1.86. The van der Waals surface area contributed by atoms with Crippen LogP contribution in [0.15, 0.2) is 18.2 Å². The van der Waals surface area contributed by atoms with Gasteiger partial charge >= 0.3 is 0 Å². The molecule has 0 radical (unpaired) electrons. The van der Waals surface area contributed by atoms with Gasteiger partial charge in [0.15, 0.2) is 0 Å². The van der Waals surface area contributed by atoms with Gasteiger partial charge < -0.3 is 10.1 Å². The Hall–Kier alpha value is -0.860. The molecule has 1 aromatic carbocycles. The molecular weight excluding hydrogens is 363 g/mol. The number of halogens is 2. The van der Waals surface area contributed by atoms with E-state index in [2.05, 4.69) is 5.32 Å². The van der Waals surface area contributed by atoms with Crippen LogP contribution in [0.5, 0.6) is 0 Å². The summed E-state index contributed by atoms with van der Waals surface area (Å²) >= 11 is 11.8. The summed E-state index contributed by atoms with van der Waals surface area (Å²) in [5, 5.41) is 3.43. The average molecular weight is 383 g/mol. The molecule has 0 saturated heterocycles. The number of nitrogens with one attached hydrogen (secondary N) is 1. The molecule has 0 aliphatic rings. The van der Waals surface area contributed by atoms with Crippen LogP contribution >= 0.6 is 23.2 Å². The number of methoxy groups -OCH3 is 1. The average Bonchev–Trinajstić information content (AvgIpc) is 2.45. The van der Waals surface area contributed by atoms with Crippen LogP contribution in [0.3, 0.4) is 0 Å². The van der Waals surface area contributed by atoms with Crippen LogP contribution in [-0.4, -0.2) is 51.7 Å². The molecule has 1 rings (SSSR count). The van der Waals surface area contributed by atoms with Gasteiger partial charge in [-0.05, 0) is 24.6 Å². The van der Waals surface area contributed by atoms with Crippen molar-refractivity contribution in [2.75, 3.05) is 38.4 Å². The van der Waals surface area contributed by atoms with Crippen molar-refractivity contribution in [3.8, 4) is 0 Å². The van der Waals surface area contributed by atoms with Crippen molar-refractivity contribution >= 4 is 44.8 Å². The quantitative estimate of drug-likeness (QED) is 0.666. The fourth-order valence-corrected chi connectivity index (χ4v) is 3.08. The van der Waals surface area contributed by atoms with E-state index >= 15 is 0 Å². The van der Waals surface area contributed by atoms with Gasteiger partial charge in [-0.25, -0.2) is 12.7 Å². The van der Waals surface area contributed by atoms with Crippen LogP contribution < -0.4 is 5.32 Å². The Kier molecular flexibility index (Phi) is 8.28. The highest BCUT2D eigenvalue weighted by molar-refractivity contribution is 7.88. The molecule has 0 aliphatic heterocycles. The number of hydrogen-bond acceptors (Lipinski definition) is 4. The number of hydrogen-bond donors (Lipinski definition) is 1. The SMILES string of the molecule is COCCCN(CCC(=O)Nc1cc(Cl)ccc1Cl)S(C)(=O)=O. The second-order valence-electron chi connectivity index (χ2n) is 4.93. The number of sulfonamides is 1. The van der Waals surface area contributed by atoms with Crippen LogP contribution in [0.25, 0.3) is 0 Å². The van der Waals surface area contributed by atoms with Crippen molar-refractivity contribution in [2.45, 2.75) is 12.8 Å². The molecule has 23 heavy (non-hydrogen) atoms. The molecule has 0 saturated carbocycles. The Morgan fingerprint density at radius 1 is 1.30 bits per heavy atom. The zero-order chi connectivity index (χ0) is 17.5. The predicted molar refractivity (Wildman–Crippen MR) is 92.6 cm³/mol. The summed E-state index contributed by atoms with van der Waals surface area (Å²) in [5.41, 5.74) is 0.398. The third-order valence-corrected chi connectivity index (χ3v) is 4.88. The number of nitrogens with zero attached hydrogens (tertiary/aromatic N) is 1. The Bertz CT molecular complexity index is 638. The Morgan fingerprint density at radius 2 is 2.00 bits per heavy atom. The van der Waals surface area contributed by atoms with Crippen molar-refractivity contribution in [3.63, 3.8) is 0 Å². The highest BCUT2D eigenvalue weighted by atomic mass is 35.5. The minimum absolute atomic E-state index is 0.0168. The normalized spacial score (nSPS) is 11.7. The van der Waals surface area contributed by atoms with Crippen LogP contribution in [0, 0.1) is 0 Å².